The van der Waals surface area contributed by atoms with Crippen molar-refractivity contribution in [2.75, 3.05) is 19.8 Å². The third-order valence-electron chi connectivity index (χ3n) is 4.76. The maximum atomic E-state index is 12.3. The summed E-state index contributed by atoms with van der Waals surface area (Å²) in [6.07, 6.45) is 5.33. The van der Waals surface area contributed by atoms with Gasteiger partial charge < -0.3 is 9.47 Å². The minimum Gasteiger partial charge on any atom is -0.494 e. The normalized spacial score (nSPS) is 13.0. The molecule has 28 heavy (non-hydrogen) atoms. The van der Waals surface area contributed by atoms with Crippen LogP contribution in [0.2, 0.25) is 0 Å². The first-order valence-corrected chi connectivity index (χ1v) is 10.0. The van der Waals surface area contributed by atoms with Crippen molar-refractivity contribution < 1.29 is 19.1 Å². The van der Waals surface area contributed by atoms with E-state index in [-0.39, 0.29) is 11.8 Å². The fourth-order valence-electron chi connectivity index (χ4n) is 3.21. The number of carbonyl (C=O) groups is 2. The molecule has 2 aromatic carbocycles. The van der Waals surface area contributed by atoms with Gasteiger partial charge in [-0.2, -0.15) is 0 Å². The minimum absolute atomic E-state index is 0.221. The lowest BCUT2D eigenvalue weighted by atomic mass is 10.1. The van der Waals surface area contributed by atoms with Crippen molar-refractivity contribution in [1.82, 2.24) is 4.90 Å². The molecule has 0 bridgehead atoms. The van der Waals surface area contributed by atoms with Gasteiger partial charge in [0, 0.05) is 6.54 Å². The van der Waals surface area contributed by atoms with Gasteiger partial charge in [-0.05, 0) is 49.2 Å². The van der Waals surface area contributed by atoms with Crippen LogP contribution < -0.4 is 9.47 Å². The summed E-state index contributed by atoms with van der Waals surface area (Å²) in [5, 5.41) is 0. The molecular formula is C23H27NO4. The number of hydrogen-bond donors (Lipinski definition) is 0. The summed E-state index contributed by atoms with van der Waals surface area (Å²) in [6, 6.07) is 14.5. The predicted octanol–water partition coefficient (Wildman–Crippen LogP) is 4.71. The smallest absolute Gasteiger partial charge is 0.261 e. The van der Waals surface area contributed by atoms with E-state index in [1.807, 2.05) is 24.3 Å². The van der Waals surface area contributed by atoms with E-state index in [4.69, 9.17) is 9.47 Å². The highest BCUT2D eigenvalue weighted by atomic mass is 16.5. The van der Waals surface area contributed by atoms with Gasteiger partial charge in [0.15, 0.2) is 0 Å². The summed E-state index contributed by atoms with van der Waals surface area (Å²) < 4.78 is 11.4. The molecule has 1 aliphatic heterocycles. The Kier molecular flexibility index (Phi) is 7.06. The maximum absolute atomic E-state index is 12.3. The summed E-state index contributed by atoms with van der Waals surface area (Å²) in [6.45, 7) is 3.72. The van der Waals surface area contributed by atoms with Crippen molar-refractivity contribution in [3.8, 4) is 11.5 Å². The molecule has 0 spiro atoms. The Balaban J connectivity index is 1.38. The topological polar surface area (TPSA) is 55.8 Å². The molecule has 2 aromatic rings. The largest absolute Gasteiger partial charge is 0.494 e. The second-order valence-corrected chi connectivity index (χ2v) is 6.89. The molecule has 0 atom stereocenters. The quantitative estimate of drug-likeness (QED) is 0.418. The van der Waals surface area contributed by atoms with Gasteiger partial charge in [-0.15, -0.1) is 0 Å². The summed E-state index contributed by atoms with van der Waals surface area (Å²) in [4.78, 5) is 25.9. The number of ether oxygens (including phenoxy) is 2. The Morgan fingerprint density at radius 1 is 0.714 bits per heavy atom. The van der Waals surface area contributed by atoms with E-state index in [0.29, 0.717) is 30.7 Å². The fraction of sp³-hybridized carbons (Fsp3) is 0.391. The molecule has 0 saturated heterocycles. The molecule has 0 aliphatic carbocycles. The van der Waals surface area contributed by atoms with Crippen LogP contribution in [0.5, 0.6) is 11.5 Å². The number of benzene rings is 2. The van der Waals surface area contributed by atoms with E-state index in [9.17, 15) is 9.59 Å². The maximum Gasteiger partial charge on any atom is 0.261 e. The standard InChI is InChI=1S/C23H27NO4/c1-2-3-4-7-16-27-18-11-13-19(14-12-18)28-17-8-15-24-22(25)20-9-5-6-10-21(20)23(24)26/h5-6,9-14H,2-4,7-8,15-17H2,1H3. The Morgan fingerprint density at radius 2 is 1.25 bits per heavy atom. The zero-order valence-corrected chi connectivity index (χ0v) is 16.4. The van der Waals surface area contributed by atoms with Crippen LogP contribution in [0.15, 0.2) is 48.5 Å². The van der Waals surface area contributed by atoms with Gasteiger partial charge >= 0.3 is 0 Å². The van der Waals surface area contributed by atoms with E-state index in [1.54, 1.807) is 24.3 Å². The Hall–Kier alpha value is -2.82. The summed E-state index contributed by atoms with van der Waals surface area (Å²) in [7, 11) is 0. The van der Waals surface area contributed by atoms with Crippen LogP contribution in [-0.2, 0) is 0 Å². The minimum atomic E-state index is -0.221. The molecule has 0 fully saturated rings. The molecule has 0 aromatic heterocycles. The summed E-state index contributed by atoms with van der Waals surface area (Å²) in [5.41, 5.74) is 0.970. The second kappa shape index (κ2) is 9.93. The monoisotopic (exact) mass is 381 g/mol. The Bertz CT molecular complexity index is 766. The highest BCUT2D eigenvalue weighted by molar-refractivity contribution is 6.21. The van der Waals surface area contributed by atoms with Crippen LogP contribution >= 0.6 is 0 Å². The van der Waals surface area contributed by atoms with Gasteiger partial charge in [0.1, 0.15) is 11.5 Å². The molecule has 5 heteroatoms. The second-order valence-electron chi connectivity index (χ2n) is 6.89. The van der Waals surface area contributed by atoms with Crippen molar-refractivity contribution in [2.24, 2.45) is 0 Å². The van der Waals surface area contributed by atoms with Gasteiger partial charge in [-0.3, -0.25) is 14.5 Å². The number of unbranched alkanes of at least 4 members (excludes halogenated alkanes) is 3. The molecule has 0 N–H and O–H groups in total. The number of imide groups is 1. The molecule has 5 nitrogen and oxygen atoms in total. The first-order valence-electron chi connectivity index (χ1n) is 10.0. The summed E-state index contributed by atoms with van der Waals surface area (Å²) >= 11 is 0. The average Bonchev–Trinajstić information content (AvgIpc) is 2.97. The highest BCUT2D eigenvalue weighted by Gasteiger charge is 2.34. The van der Waals surface area contributed by atoms with Gasteiger partial charge in [0.05, 0.1) is 24.3 Å². The van der Waals surface area contributed by atoms with Crippen LogP contribution in [0.3, 0.4) is 0 Å². The molecule has 1 heterocycles. The van der Waals surface area contributed by atoms with Gasteiger partial charge in [0.25, 0.3) is 11.8 Å². The molecular weight excluding hydrogens is 354 g/mol. The fourth-order valence-corrected chi connectivity index (χ4v) is 3.21. The van der Waals surface area contributed by atoms with E-state index >= 15 is 0 Å². The Labute approximate surface area is 166 Å². The average molecular weight is 381 g/mol. The van der Waals surface area contributed by atoms with Crippen molar-refractivity contribution in [3.63, 3.8) is 0 Å². The first-order chi connectivity index (χ1) is 13.7. The van der Waals surface area contributed by atoms with Crippen molar-refractivity contribution >= 4 is 11.8 Å². The molecule has 2 amide bonds. The van der Waals surface area contributed by atoms with Gasteiger partial charge in [-0.1, -0.05) is 38.3 Å². The SMILES string of the molecule is CCCCCCOc1ccc(OCCCN2C(=O)c3ccccc3C2=O)cc1. The number of rotatable bonds is 11. The predicted molar refractivity (Wildman–Crippen MR) is 108 cm³/mol. The molecule has 3 rings (SSSR count). The first kappa shape index (κ1) is 19.9. The number of fused-ring (bicyclic) bond motifs is 1. The zero-order chi connectivity index (χ0) is 19.8. The number of hydrogen-bond acceptors (Lipinski definition) is 4. The van der Waals surface area contributed by atoms with Crippen LogP contribution in [0, 0.1) is 0 Å². The zero-order valence-electron chi connectivity index (χ0n) is 16.4. The third kappa shape index (κ3) is 4.91. The van der Waals surface area contributed by atoms with Crippen LogP contribution in [0.4, 0.5) is 0 Å². The number of carbonyl (C=O) groups excluding carboxylic acids is 2. The van der Waals surface area contributed by atoms with E-state index in [2.05, 4.69) is 6.92 Å². The van der Waals surface area contributed by atoms with Crippen molar-refractivity contribution in [3.05, 3.63) is 59.7 Å². The third-order valence-corrected chi connectivity index (χ3v) is 4.76. The van der Waals surface area contributed by atoms with Crippen LogP contribution in [-0.4, -0.2) is 36.5 Å². The molecule has 0 saturated carbocycles. The van der Waals surface area contributed by atoms with Gasteiger partial charge in [0.2, 0.25) is 0 Å². The van der Waals surface area contributed by atoms with E-state index in [1.165, 1.54) is 24.2 Å². The lowest BCUT2D eigenvalue weighted by molar-refractivity contribution is 0.0646. The lowest BCUT2D eigenvalue weighted by Gasteiger charge is -2.14. The van der Waals surface area contributed by atoms with Crippen LogP contribution in [0.1, 0.15) is 59.7 Å². The van der Waals surface area contributed by atoms with Crippen molar-refractivity contribution in [2.45, 2.75) is 39.0 Å². The molecule has 1 aliphatic rings. The molecule has 0 radical (unpaired) electrons. The van der Waals surface area contributed by atoms with Gasteiger partial charge in [-0.25, -0.2) is 0 Å². The van der Waals surface area contributed by atoms with E-state index in [0.717, 1.165) is 24.5 Å². The van der Waals surface area contributed by atoms with Crippen LogP contribution in [0.25, 0.3) is 0 Å². The molecule has 0 unspecified atom stereocenters. The number of amides is 2. The summed E-state index contributed by atoms with van der Waals surface area (Å²) in [5.74, 6) is 1.15. The number of nitrogens with zero attached hydrogens (tertiary/aromatic N) is 1. The lowest BCUT2D eigenvalue weighted by Crippen LogP contribution is -2.31. The highest BCUT2D eigenvalue weighted by Crippen LogP contribution is 2.23. The van der Waals surface area contributed by atoms with Crippen molar-refractivity contribution in [1.29, 1.82) is 0 Å². The Morgan fingerprint density at radius 3 is 1.79 bits per heavy atom. The van der Waals surface area contributed by atoms with E-state index < -0.39 is 0 Å². The molecule has 148 valence electrons.